The molecular formula is C11H9ClN4O. The van der Waals surface area contributed by atoms with Crippen molar-refractivity contribution in [1.82, 2.24) is 19.9 Å². The van der Waals surface area contributed by atoms with Crippen LogP contribution in [0.1, 0.15) is 0 Å². The summed E-state index contributed by atoms with van der Waals surface area (Å²) in [6.07, 6.45) is 5.17. The van der Waals surface area contributed by atoms with Crippen LogP contribution in [0.2, 0.25) is 0 Å². The van der Waals surface area contributed by atoms with Crippen molar-refractivity contribution in [3.8, 4) is 11.1 Å². The van der Waals surface area contributed by atoms with Gasteiger partial charge in [-0.25, -0.2) is 9.78 Å². The van der Waals surface area contributed by atoms with E-state index < -0.39 is 0 Å². The minimum absolute atomic E-state index is 0. The SMILES string of the molecule is Cl.O=c1[nH]c2cc(-c3ccncc3)cnc2[nH]1. The molecule has 3 heterocycles. The van der Waals surface area contributed by atoms with Crippen LogP contribution in [0.15, 0.2) is 41.6 Å². The van der Waals surface area contributed by atoms with Crippen LogP contribution >= 0.6 is 12.4 Å². The Labute approximate surface area is 102 Å². The molecule has 0 aliphatic carbocycles. The number of hydrogen-bond donors (Lipinski definition) is 2. The largest absolute Gasteiger partial charge is 0.325 e. The van der Waals surface area contributed by atoms with Crippen molar-refractivity contribution < 1.29 is 0 Å². The first-order valence-corrected chi connectivity index (χ1v) is 4.81. The number of rotatable bonds is 1. The number of H-pyrrole nitrogens is 2. The Morgan fingerprint density at radius 3 is 2.59 bits per heavy atom. The van der Waals surface area contributed by atoms with Crippen LogP contribution in [-0.4, -0.2) is 19.9 Å². The fraction of sp³-hybridized carbons (Fsp3) is 0. The molecule has 0 atom stereocenters. The lowest BCUT2D eigenvalue weighted by Gasteiger charge is -1.99. The topological polar surface area (TPSA) is 74.4 Å². The molecule has 0 aliphatic rings. The van der Waals surface area contributed by atoms with Crippen molar-refractivity contribution in [2.75, 3.05) is 0 Å². The lowest BCUT2D eigenvalue weighted by atomic mass is 10.1. The third kappa shape index (κ3) is 2.05. The molecule has 0 fully saturated rings. The zero-order chi connectivity index (χ0) is 11.0. The van der Waals surface area contributed by atoms with E-state index in [2.05, 4.69) is 19.9 Å². The molecular weight excluding hydrogens is 240 g/mol. The van der Waals surface area contributed by atoms with Gasteiger partial charge in [0, 0.05) is 24.2 Å². The van der Waals surface area contributed by atoms with E-state index in [0.717, 1.165) is 11.1 Å². The standard InChI is InChI=1S/C11H8N4O.ClH/c16-11-14-9-5-8(6-13-10(9)15-11)7-1-3-12-4-2-7;/h1-6H,(H2,13,14,15,16);1H. The molecule has 0 bridgehead atoms. The third-order valence-electron chi connectivity index (χ3n) is 2.38. The van der Waals surface area contributed by atoms with Crippen LogP contribution in [0.3, 0.4) is 0 Å². The minimum atomic E-state index is -0.241. The minimum Gasteiger partial charge on any atom is -0.304 e. The Balaban J connectivity index is 0.00000108. The van der Waals surface area contributed by atoms with Crippen LogP contribution in [0.5, 0.6) is 0 Å². The monoisotopic (exact) mass is 248 g/mol. The van der Waals surface area contributed by atoms with Crippen molar-refractivity contribution in [1.29, 1.82) is 0 Å². The van der Waals surface area contributed by atoms with Gasteiger partial charge in [-0.3, -0.25) is 9.97 Å². The molecule has 0 aromatic carbocycles. The maximum atomic E-state index is 11.1. The normalized spacial score (nSPS) is 10.1. The third-order valence-corrected chi connectivity index (χ3v) is 2.38. The molecule has 0 spiro atoms. The highest BCUT2D eigenvalue weighted by atomic mass is 35.5. The summed E-state index contributed by atoms with van der Waals surface area (Å²) in [7, 11) is 0. The summed E-state index contributed by atoms with van der Waals surface area (Å²) in [5.74, 6) is 0. The van der Waals surface area contributed by atoms with E-state index in [1.54, 1.807) is 18.6 Å². The van der Waals surface area contributed by atoms with E-state index >= 15 is 0 Å². The number of aromatic amines is 2. The second-order valence-electron chi connectivity index (χ2n) is 3.44. The second kappa shape index (κ2) is 4.39. The van der Waals surface area contributed by atoms with Gasteiger partial charge in [-0.1, -0.05) is 0 Å². The molecule has 17 heavy (non-hydrogen) atoms. The van der Waals surface area contributed by atoms with Gasteiger partial charge in [0.1, 0.15) is 0 Å². The molecule has 3 aromatic rings. The van der Waals surface area contributed by atoms with E-state index in [4.69, 9.17) is 0 Å². The summed E-state index contributed by atoms with van der Waals surface area (Å²) in [6, 6.07) is 5.68. The fourth-order valence-corrected chi connectivity index (χ4v) is 1.62. The second-order valence-corrected chi connectivity index (χ2v) is 3.44. The van der Waals surface area contributed by atoms with Gasteiger partial charge in [-0.05, 0) is 23.8 Å². The van der Waals surface area contributed by atoms with E-state index in [1.165, 1.54) is 0 Å². The molecule has 0 radical (unpaired) electrons. The number of hydrogen-bond acceptors (Lipinski definition) is 3. The molecule has 3 aromatic heterocycles. The smallest absolute Gasteiger partial charge is 0.304 e. The molecule has 0 saturated carbocycles. The molecule has 5 nitrogen and oxygen atoms in total. The number of imidazole rings is 1. The highest BCUT2D eigenvalue weighted by molar-refractivity contribution is 5.85. The van der Waals surface area contributed by atoms with Crippen LogP contribution in [0, 0.1) is 0 Å². The van der Waals surface area contributed by atoms with E-state index in [9.17, 15) is 4.79 Å². The van der Waals surface area contributed by atoms with E-state index in [-0.39, 0.29) is 18.1 Å². The quantitative estimate of drug-likeness (QED) is 0.689. The van der Waals surface area contributed by atoms with Gasteiger partial charge in [-0.2, -0.15) is 0 Å². The molecule has 0 aliphatic heterocycles. The van der Waals surface area contributed by atoms with Gasteiger partial charge in [0.25, 0.3) is 0 Å². The van der Waals surface area contributed by atoms with Crippen molar-refractivity contribution in [2.45, 2.75) is 0 Å². The highest BCUT2D eigenvalue weighted by Gasteiger charge is 2.02. The Hall–Kier alpha value is -2.14. The highest BCUT2D eigenvalue weighted by Crippen LogP contribution is 2.19. The Morgan fingerprint density at radius 1 is 1.06 bits per heavy atom. The van der Waals surface area contributed by atoms with Crippen molar-refractivity contribution >= 4 is 23.6 Å². The van der Waals surface area contributed by atoms with Gasteiger partial charge >= 0.3 is 5.69 Å². The summed E-state index contributed by atoms with van der Waals surface area (Å²) in [5.41, 5.74) is 3.01. The average Bonchev–Trinajstić information content (AvgIpc) is 2.69. The number of pyridine rings is 2. The van der Waals surface area contributed by atoms with Crippen LogP contribution in [0.4, 0.5) is 0 Å². The molecule has 0 saturated heterocycles. The summed E-state index contributed by atoms with van der Waals surface area (Å²) < 4.78 is 0. The summed E-state index contributed by atoms with van der Waals surface area (Å²) in [5, 5.41) is 0. The molecule has 2 N–H and O–H groups in total. The summed E-state index contributed by atoms with van der Waals surface area (Å²) in [4.78, 5) is 24.5. The fourth-order valence-electron chi connectivity index (χ4n) is 1.62. The van der Waals surface area contributed by atoms with Crippen molar-refractivity contribution in [2.24, 2.45) is 0 Å². The van der Waals surface area contributed by atoms with Crippen molar-refractivity contribution in [3.05, 3.63) is 47.3 Å². The molecule has 6 heteroatoms. The Bertz CT molecular complexity index is 689. The number of fused-ring (bicyclic) bond motifs is 1. The van der Waals surface area contributed by atoms with Gasteiger partial charge in [0.2, 0.25) is 0 Å². The zero-order valence-electron chi connectivity index (χ0n) is 8.68. The zero-order valence-corrected chi connectivity index (χ0v) is 9.49. The van der Waals surface area contributed by atoms with Gasteiger partial charge in [-0.15, -0.1) is 12.4 Å². The predicted octanol–water partition coefficient (Wildman–Crippen LogP) is 1.73. The first-order valence-electron chi connectivity index (χ1n) is 4.81. The Kier molecular flexibility index (Phi) is 2.93. The first kappa shape index (κ1) is 11.3. The first-order chi connectivity index (χ1) is 7.83. The maximum Gasteiger partial charge on any atom is 0.325 e. The lowest BCUT2D eigenvalue weighted by molar-refractivity contribution is 1.20. The van der Waals surface area contributed by atoms with Crippen LogP contribution < -0.4 is 5.69 Å². The number of nitrogens with zero attached hydrogens (tertiary/aromatic N) is 2. The number of aromatic nitrogens is 4. The predicted molar refractivity (Wildman–Crippen MR) is 67.2 cm³/mol. The summed E-state index contributed by atoms with van der Waals surface area (Å²) in [6.45, 7) is 0. The molecule has 0 amide bonds. The number of nitrogens with one attached hydrogen (secondary N) is 2. The average molecular weight is 249 g/mol. The van der Waals surface area contributed by atoms with Gasteiger partial charge < -0.3 is 4.98 Å². The maximum absolute atomic E-state index is 11.1. The molecule has 3 rings (SSSR count). The van der Waals surface area contributed by atoms with Gasteiger partial charge in [0.15, 0.2) is 5.65 Å². The number of halogens is 1. The molecule has 0 unspecified atom stereocenters. The van der Waals surface area contributed by atoms with Crippen LogP contribution in [0.25, 0.3) is 22.3 Å². The van der Waals surface area contributed by atoms with Crippen molar-refractivity contribution in [3.63, 3.8) is 0 Å². The van der Waals surface area contributed by atoms with E-state index in [0.29, 0.717) is 11.2 Å². The van der Waals surface area contributed by atoms with Crippen LogP contribution in [-0.2, 0) is 0 Å². The lowest BCUT2D eigenvalue weighted by Crippen LogP contribution is -1.99. The van der Waals surface area contributed by atoms with E-state index in [1.807, 2.05) is 18.2 Å². The molecule has 86 valence electrons. The Morgan fingerprint density at radius 2 is 1.82 bits per heavy atom. The summed E-state index contributed by atoms with van der Waals surface area (Å²) >= 11 is 0. The van der Waals surface area contributed by atoms with Gasteiger partial charge in [0.05, 0.1) is 5.52 Å².